The van der Waals surface area contributed by atoms with Crippen LogP contribution in [0.25, 0.3) is 0 Å². The maximum atomic E-state index is 13.1. The maximum absolute atomic E-state index is 13.1. The summed E-state index contributed by atoms with van der Waals surface area (Å²) in [7, 11) is 0. The Labute approximate surface area is 200 Å². The number of benzene rings is 2. The summed E-state index contributed by atoms with van der Waals surface area (Å²) in [5.41, 5.74) is 0.889. The second-order valence-electron chi connectivity index (χ2n) is 8.32. The molecule has 1 aromatic heterocycles. The van der Waals surface area contributed by atoms with Crippen LogP contribution >= 0.6 is 0 Å². The Balaban J connectivity index is 1.43. The van der Waals surface area contributed by atoms with E-state index in [0.29, 0.717) is 62.4 Å². The van der Waals surface area contributed by atoms with E-state index in [0.717, 1.165) is 17.8 Å². The fourth-order valence-electron chi connectivity index (χ4n) is 4.12. The zero-order chi connectivity index (χ0) is 24.4. The Morgan fingerprint density at radius 2 is 1.66 bits per heavy atom. The summed E-state index contributed by atoms with van der Waals surface area (Å²) in [4.78, 5) is 26.2. The second-order valence-corrected chi connectivity index (χ2v) is 8.32. The third-order valence-electron chi connectivity index (χ3n) is 6.01. The van der Waals surface area contributed by atoms with E-state index < -0.39 is 11.7 Å². The molecule has 1 amide bonds. The summed E-state index contributed by atoms with van der Waals surface area (Å²) in [6, 6.07) is 13.5. The van der Waals surface area contributed by atoms with Crippen LogP contribution in [-0.4, -0.2) is 53.6 Å². The number of nitrogens with zero attached hydrogens (tertiary/aromatic N) is 4. The minimum atomic E-state index is -4.45. The number of hydrogen-bond donors (Lipinski definition) is 0. The minimum absolute atomic E-state index is 0.192. The van der Waals surface area contributed by atoms with Crippen LogP contribution in [0, 0.1) is 0 Å². The Bertz CT molecular complexity index is 1200. The molecule has 0 atom stereocenters. The van der Waals surface area contributed by atoms with Crippen LogP contribution in [-0.2, 0) is 23.9 Å². The summed E-state index contributed by atoms with van der Waals surface area (Å²) in [6.45, 7) is 3.09. The molecule has 3 aromatic rings. The van der Waals surface area contributed by atoms with Gasteiger partial charge in [0.15, 0.2) is 0 Å². The lowest BCUT2D eigenvalue weighted by Crippen LogP contribution is -2.39. The van der Waals surface area contributed by atoms with Crippen molar-refractivity contribution < 1.29 is 27.4 Å². The van der Waals surface area contributed by atoms with E-state index in [-0.39, 0.29) is 18.0 Å². The zero-order valence-electron chi connectivity index (χ0n) is 18.8. The highest BCUT2D eigenvalue weighted by Gasteiger charge is 2.32. The molecule has 0 unspecified atom stereocenters. The van der Waals surface area contributed by atoms with Crippen molar-refractivity contribution in [2.24, 2.45) is 0 Å². The summed E-state index contributed by atoms with van der Waals surface area (Å²) < 4.78 is 50.2. The van der Waals surface area contributed by atoms with Crippen LogP contribution in [0.3, 0.4) is 0 Å². The molecule has 1 fully saturated rings. The van der Waals surface area contributed by atoms with Gasteiger partial charge in [-0.1, -0.05) is 18.2 Å². The first-order valence-electron chi connectivity index (χ1n) is 11.3. The fraction of sp³-hybridized carbons (Fsp3) is 0.320. The van der Waals surface area contributed by atoms with E-state index in [1.165, 1.54) is 12.1 Å². The Hall–Kier alpha value is -3.66. The lowest BCUT2D eigenvalue weighted by atomic mass is 10.0. The van der Waals surface area contributed by atoms with Crippen molar-refractivity contribution in [1.82, 2.24) is 14.9 Å². The predicted octanol–water partition coefficient (Wildman–Crippen LogP) is 4.32. The lowest BCUT2D eigenvalue weighted by Gasteiger charge is -2.32. The molecule has 0 bridgehead atoms. The smallest absolute Gasteiger partial charge is 0.416 e. The van der Waals surface area contributed by atoms with Crippen LogP contribution in [0.4, 0.5) is 19.1 Å². The highest BCUT2D eigenvalue weighted by atomic mass is 19.4. The van der Waals surface area contributed by atoms with Crippen LogP contribution in [0.15, 0.2) is 54.6 Å². The molecule has 2 aromatic carbocycles. The molecule has 2 aliphatic rings. The van der Waals surface area contributed by atoms with Crippen LogP contribution in [0.2, 0.25) is 0 Å². The molecule has 10 heteroatoms. The lowest BCUT2D eigenvalue weighted by molar-refractivity contribution is -0.137. The zero-order valence-corrected chi connectivity index (χ0v) is 18.8. The second kappa shape index (κ2) is 9.53. The molecule has 0 radical (unpaired) electrons. The van der Waals surface area contributed by atoms with Gasteiger partial charge in [0.1, 0.15) is 5.75 Å². The molecule has 182 valence electrons. The summed E-state index contributed by atoms with van der Waals surface area (Å²) in [6.07, 6.45) is -3.97. The molecular formula is C25H23F3N4O3. The Morgan fingerprint density at radius 1 is 0.943 bits per heavy atom. The molecule has 1 saturated heterocycles. The van der Waals surface area contributed by atoms with Gasteiger partial charge in [0.05, 0.1) is 36.6 Å². The number of rotatable bonds is 4. The van der Waals surface area contributed by atoms with Gasteiger partial charge < -0.3 is 19.3 Å². The molecule has 3 heterocycles. The minimum Gasteiger partial charge on any atom is -0.438 e. The van der Waals surface area contributed by atoms with Crippen molar-refractivity contribution >= 4 is 11.9 Å². The van der Waals surface area contributed by atoms with Crippen molar-refractivity contribution in [3.63, 3.8) is 0 Å². The van der Waals surface area contributed by atoms with E-state index in [1.54, 1.807) is 4.90 Å². The largest absolute Gasteiger partial charge is 0.438 e. The van der Waals surface area contributed by atoms with Gasteiger partial charge >= 0.3 is 6.18 Å². The molecule has 2 aliphatic heterocycles. The normalized spacial score (nSPS) is 16.1. The molecule has 0 spiro atoms. The average Bonchev–Trinajstić information content (AvgIpc) is 2.88. The first-order valence-corrected chi connectivity index (χ1v) is 11.3. The third-order valence-corrected chi connectivity index (χ3v) is 6.01. The van der Waals surface area contributed by atoms with Crippen LogP contribution in [0.1, 0.15) is 27.2 Å². The Morgan fingerprint density at radius 3 is 2.34 bits per heavy atom. The highest BCUT2D eigenvalue weighted by Crippen LogP contribution is 2.33. The SMILES string of the molecule is O=C(c1ccc(C(F)(F)F)cc1)N1CCc2nc(N3CCOCC3)nc(Oc3ccccc3)c2C1. The van der Waals surface area contributed by atoms with E-state index >= 15 is 0 Å². The number of carbonyl (C=O) groups is 1. The van der Waals surface area contributed by atoms with Crippen molar-refractivity contribution in [2.45, 2.75) is 19.1 Å². The van der Waals surface area contributed by atoms with Crippen molar-refractivity contribution in [1.29, 1.82) is 0 Å². The number of aromatic nitrogens is 2. The standard InChI is InChI=1S/C25H23F3N4O3/c26-25(27,28)18-8-6-17(7-9-18)23(33)32-11-10-21-20(16-32)22(35-19-4-2-1-3-5-19)30-24(29-21)31-12-14-34-15-13-31/h1-9H,10-16H2. The van der Waals surface area contributed by atoms with E-state index in [2.05, 4.69) is 4.98 Å². The highest BCUT2D eigenvalue weighted by molar-refractivity contribution is 5.94. The van der Waals surface area contributed by atoms with Gasteiger partial charge in [0.25, 0.3) is 5.91 Å². The number of morpholine rings is 1. The summed E-state index contributed by atoms with van der Waals surface area (Å²) >= 11 is 0. The number of alkyl halides is 3. The van der Waals surface area contributed by atoms with Gasteiger partial charge in [-0.3, -0.25) is 4.79 Å². The number of anilines is 1. The molecule has 35 heavy (non-hydrogen) atoms. The number of ether oxygens (including phenoxy) is 2. The van der Waals surface area contributed by atoms with Crippen LogP contribution in [0.5, 0.6) is 11.6 Å². The quantitative estimate of drug-likeness (QED) is 0.550. The molecular weight excluding hydrogens is 461 g/mol. The number of para-hydroxylation sites is 1. The molecule has 0 N–H and O–H groups in total. The van der Waals surface area contributed by atoms with Gasteiger partial charge in [-0.05, 0) is 36.4 Å². The molecule has 0 saturated carbocycles. The van der Waals surface area contributed by atoms with Gasteiger partial charge in [0.2, 0.25) is 11.8 Å². The summed E-state index contributed by atoms with van der Waals surface area (Å²) in [5, 5.41) is 0. The van der Waals surface area contributed by atoms with E-state index in [1.807, 2.05) is 35.2 Å². The number of amides is 1. The predicted molar refractivity (Wildman–Crippen MR) is 121 cm³/mol. The molecule has 7 nitrogen and oxygen atoms in total. The number of halogens is 3. The summed E-state index contributed by atoms with van der Waals surface area (Å²) in [5.74, 6) is 1.17. The van der Waals surface area contributed by atoms with Gasteiger partial charge in [0, 0.05) is 31.6 Å². The molecule has 5 rings (SSSR count). The van der Waals surface area contributed by atoms with Crippen molar-refractivity contribution in [3.05, 3.63) is 77.0 Å². The van der Waals surface area contributed by atoms with Crippen LogP contribution < -0.4 is 9.64 Å². The first kappa shape index (κ1) is 23.1. The van der Waals surface area contributed by atoms with E-state index in [9.17, 15) is 18.0 Å². The van der Waals surface area contributed by atoms with Gasteiger partial charge in [-0.15, -0.1) is 0 Å². The molecule has 0 aliphatic carbocycles. The number of carbonyl (C=O) groups excluding carboxylic acids is 1. The number of hydrogen-bond acceptors (Lipinski definition) is 6. The fourth-order valence-corrected chi connectivity index (χ4v) is 4.12. The first-order chi connectivity index (χ1) is 16.9. The Kier molecular flexibility index (Phi) is 6.29. The topological polar surface area (TPSA) is 67.8 Å². The number of fused-ring (bicyclic) bond motifs is 1. The van der Waals surface area contributed by atoms with Gasteiger partial charge in [-0.2, -0.15) is 18.2 Å². The van der Waals surface area contributed by atoms with Crippen molar-refractivity contribution in [2.75, 3.05) is 37.7 Å². The maximum Gasteiger partial charge on any atom is 0.416 e. The van der Waals surface area contributed by atoms with Crippen molar-refractivity contribution in [3.8, 4) is 11.6 Å². The van der Waals surface area contributed by atoms with Gasteiger partial charge in [-0.25, -0.2) is 4.98 Å². The monoisotopic (exact) mass is 484 g/mol. The average molecular weight is 484 g/mol. The van der Waals surface area contributed by atoms with E-state index in [4.69, 9.17) is 14.5 Å². The third kappa shape index (κ3) is 5.07.